The molecule has 1 saturated heterocycles. The highest BCUT2D eigenvalue weighted by molar-refractivity contribution is 5.78. The summed E-state index contributed by atoms with van der Waals surface area (Å²) in [6.07, 6.45) is 1.11. The molecule has 1 fully saturated rings. The molecule has 0 aromatic rings. The third-order valence-electron chi connectivity index (χ3n) is 3.03. The minimum absolute atomic E-state index is 0.234. The molecule has 1 N–H and O–H groups in total. The molecule has 0 bridgehead atoms. The van der Waals surface area contributed by atoms with E-state index in [1.165, 1.54) is 0 Å². The molecule has 0 unspecified atom stereocenters. The van der Waals surface area contributed by atoms with Gasteiger partial charge in [-0.1, -0.05) is 6.92 Å². The van der Waals surface area contributed by atoms with Gasteiger partial charge in [-0.05, 0) is 19.9 Å². The van der Waals surface area contributed by atoms with Gasteiger partial charge in [-0.15, -0.1) is 0 Å². The summed E-state index contributed by atoms with van der Waals surface area (Å²) in [5, 5.41) is 3.25. The summed E-state index contributed by atoms with van der Waals surface area (Å²) >= 11 is 0. The quantitative estimate of drug-likeness (QED) is 0.682. The standard InChI is InChI=1S/C11H23N3O/c1-4-6-14(10-7-12-8-10)9-11(15)13(3)5-2/h10,12H,4-9H2,1-3H3. The Morgan fingerprint density at radius 1 is 1.40 bits per heavy atom. The normalized spacial score (nSPS) is 16.5. The summed E-state index contributed by atoms with van der Waals surface area (Å²) in [5.41, 5.74) is 0. The van der Waals surface area contributed by atoms with Crippen LogP contribution in [0.4, 0.5) is 0 Å². The maximum atomic E-state index is 11.8. The molecule has 0 aliphatic carbocycles. The molecule has 0 aromatic heterocycles. The van der Waals surface area contributed by atoms with Crippen LogP contribution in [0.2, 0.25) is 0 Å². The second kappa shape index (κ2) is 6.08. The van der Waals surface area contributed by atoms with E-state index in [0.29, 0.717) is 12.6 Å². The van der Waals surface area contributed by atoms with Crippen molar-refractivity contribution in [3.8, 4) is 0 Å². The van der Waals surface area contributed by atoms with Crippen LogP contribution in [0.5, 0.6) is 0 Å². The fraction of sp³-hybridized carbons (Fsp3) is 0.909. The zero-order chi connectivity index (χ0) is 11.3. The zero-order valence-corrected chi connectivity index (χ0v) is 10.1. The topological polar surface area (TPSA) is 35.6 Å². The van der Waals surface area contributed by atoms with Gasteiger partial charge in [0.15, 0.2) is 0 Å². The average molecular weight is 213 g/mol. The van der Waals surface area contributed by atoms with Crippen LogP contribution in [0, 0.1) is 0 Å². The first kappa shape index (κ1) is 12.5. The molecule has 1 rings (SSSR count). The molecule has 0 radical (unpaired) electrons. The molecular weight excluding hydrogens is 190 g/mol. The third-order valence-corrected chi connectivity index (χ3v) is 3.03. The highest BCUT2D eigenvalue weighted by Crippen LogP contribution is 2.06. The van der Waals surface area contributed by atoms with Gasteiger partial charge < -0.3 is 10.2 Å². The number of amides is 1. The van der Waals surface area contributed by atoms with Gasteiger partial charge in [0.25, 0.3) is 0 Å². The number of carbonyl (C=O) groups excluding carboxylic acids is 1. The van der Waals surface area contributed by atoms with Crippen molar-refractivity contribution in [2.75, 3.05) is 39.8 Å². The maximum absolute atomic E-state index is 11.8. The fourth-order valence-electron chi connectivity index (χ4n) is 1.68. The Balaban J connectivity index is 2.39. The molecule has 0 aromatic carbocycles. The third kappa shape index (κ3) is 3.47. The Labute approximate surface area is 92.6 Å². The molecule has 1 amide bonds. The first-order valence-corrected chi connectivity index (χ1v) is 5.87. The molecule has 1 aliphatic heterocycles. The molecule has 1 aliphatic rings. The van der Waals surface area contributed by atoms with E-state index >= 15 is 0 Å². The van der Waals surface area contributed by atoms with Gasteiger partial charge in [0.05, 0.1) is 6.54 Å². The van der Waals surface area contributed by atoms with Crippen molar-refractivity contribution in [1.29, 1.82) is 0 Å². The van der Waals surface area contributed by atoms with Gasteiger partial charge >= 0.3 is 0 Å². The van der Waals surface area contributed by atoms with Gasteiger partial charge in [0, 0.05) is 32.7 Å². The van der Waals surface area contributed by atoms with Crippen molar-refractivity contribution >= 4 is 5.91 Å². The first-order valence-electron chi connectivity index (χ1n) is 5.87. The van der Waals surface area contributed by atoms with Gasteiger partial charge in [0.2, 0.25) is 5.91 Å². The van der Waals surface area contributed by atoms with E-state index in [9.17, 15) is 4.79 Å². The lowest BCUT2D eigenvalue weighted by Crippen LogP contribution is -2.59. The summed E-state index contributed by atoms with van der Waals surface area (Å²) in [4.78, 5) is 15.9. The summed E-state index contributed by atoms with van der Waals surface area (Å²) < 4.78 is 0. The highest BCUT2D eigenvalue weighted by atomic mass is 16.2. The Bertz CT molecular complexity index is 204. The Morgan fingerprint density at radius 2 is 2.07 bits per heavy atom. The van der Waals surface area contributed by atoms with Gasteiger partial charge in [-0.3, -0.25) is 9.69 Å². The van der Waals surface area contributed by atoms with Crippen molar-refractivity contribution in [2.24, 2.45) is 0 Å². The fourth-order valence-corrected chi connectivity index (χ4v) is 1.68. The second-order valence-electron chi connectivity index (χ2n) is 4.19. The van der Waals surface area contributed by atoms with Crippen molar-refractivity contribution < 1.29 is 4.79 Å². The molecule has 0 atom stereocenters. The van der Waals surface area contributed by atoms with E-state index in [1.807, 2.05) is 14.0 Å². The molecule has 88 valence electrons. The molecule has 0 saturated carbocycles. The monoisotopic (exact) mass is 213 g/mol. The lowest BCUT2D eigenvalue weighted by molar-refractivity contribution is -0.131. The van der Waals surface area contributed by atoms with Crippen LogP contribution in [-0.4, -0.2) is 61.5 Å². The van der Waals surface area contributed by atoms with Crippen molar-refractivity contribution in [2.45, 2.75) is 26.3 Å². The zero-order valence-electron chi connectivity index (χ0n) is 10.1. The van der Waals surface area contributed by atoms with Crippen LogP contribution in [-0.2, 0) is 4.79 Å². The molecule has 1 heterocycles. The summed E-state index contributed by atoms with van der Waals surface area (Å²) in [6.45, 7) is 8.62. The SMILES string of the molecule is CCCN(CC(=O)N(C)CC)C1CNC1. The molecule has 0 spiro atoms. The lowest BCUT2D eigenvalue weighted by atomic mass is 10.1. The Hall–Kier alpha value is -0.610. The minimum Gasteiger partial charge on any atom is -0.345 e. The lowest BCUT2D eigenvalue weighted by Gasteiger charge is -2.38. The number of rotatable bonds is 6. The van der Waals surface area contributed by atoms with Crippen LogP contribution in [0.15, 0.2) is 0 Å². The summed E-state index contributed by atoms with van der Waals surface area (Å²) in [7, 11) is 1.87. The van der Waals surface area contributed by atoms with Crippen molar-refractivity contribution in [1.82, 2.24) is 15.1 Å². The molecule has 4 heteroatoms. The van der Waals surface area contributed by atoms with E-state index in [0.717, 1.165) is 32.6 Å². The smallest absolute Gasteiger partial charge is 0.236 e. The predicted octanol–water partition coefficient (Wildman–Crippen LogP) is 0.149. The predicted molar refractivity (Wildman–Crippen MR) is 61.8 cm³/mol. The van der Waals surface area contributed by atoms with Crippen LogP contribution >= 0.6 is 0 Å². The average Bonchev–Trinajstić information content (AvgIpc) is 2.14. The van der Waals surface area contributed by atoms with E-state index < -0.39 is 0 Å². The van der Waals surface area contributed by atoms with E-state index in [-0.39, 0.29) is 5.91 Å². The second-order valence-corrected chi connectivity index (χ2v) is 4.19. The van der Waals surface area contributed by atoms with Crippen LogP contribution in [0.3, 0.4) is 0 Å². The molecule has 4 nitrogen and oxygen atoms in total. The number of nitrogens with one attached hydrogen (secondary N) is 1. The Kier molecular flexibility index (Phi) is 5.05. The van der Waals surface area contributed by atoms with Crippen LogP contribution in [0.25, 0.3) is 0 Å². The first-order chi connectivity index (χ1) is 7.19. The van der Waals surface area contributed by atoms with Gasteiger partial charge in [-0.25, -0.2) is 0 Å². The van der Waals surface area contributed by atoms with Gasteiger partial charge in [-0.2, -0.15) is 0 Å². The number of hydrogen-bond acceptors (Lipinski definition) is 3. The minimum atomic E-state index is 0.234. The number of hydrogen-bond donors (Lipinski definition) is 1. The molecular formula is C11H23N3O. The van der Waals surface area contributed by atoms with E-state index in [4.69, 9.17) is 0 Å². The summed E-state index contributed by atoms with van der Waals surface area (Å²) in [6, 6.07) is 0.569. The number of carbonyl (C=O) groups is 1. The number of nitrogens with zero attached hydrogens (tertiary/aromatic N) is 2. The van der Waals surface area contributed by atoms with Crippen molar-refractivity contribution in [3.05, 3.63) is 0 Å². The summed E-state index contributed by atoms with van der Waals surface area (Å²) in [5.74, 6) is 0.234. The number of likely N-dealkylation sites (N-methyl/N-ethyl adjacent to an activating group) is 1. The van der Waals surface area contributed by atoms with E-state index in [2.05, 4.69) is 17.1 Å². The van der Waals surface area contributed by atoms with Gasteiger partial charge in [0.1, 0.15) is 0 Å². The van der Waals surface area contributed by atoms with Crippen LogP contribution < -0.4 is 5.32 Å². The van der Waals surface area contributed by atoms with Crippen molar-refractivity contribution in [3.63, 3.8) is 0 Å². The van der Waals surface area contributed by atoms with Crippen LogP contribution in [0.1, 0.15) is 20.3 Å². The maximum Gasteiger partial charge on any atom is 0.236 e. The molecule has 15 heavy (non-hydrogen) atoms. The highest BCUT2D eigenvalue weighted by Gasteiger charge is 2.25. The Morgan fingerprint density at radius 3 is 2.47 bits per heavy atom. The van der Waals surface area contributed by atoms with E-state index in [1.54, 1.807) is 4.90 Å². The largest absolute Gasteiger partial charge is 0.345 e.